The number of fused-ring (bicyclic) bond motifs is 1. The Morgan fingerprint density at radius 3 is 2.41 bits per heavy atom. The lowest BCUT2D eigenvalue weighted by atomic mass is 9.87. The molecule has 4 aromatic rings. The lowest BCUT2D eigenvalue weighted by molar-refractivity contribution is -0.136. The Hall–Kier alpha value is -5.10. The molecule has 0 radical (unpaired) electrons. The van der Waals surface area contributed by atoms with Crippen LogP contribution in [-0.2, 0) is 14.9 Å². The van der Waals surface area contributed by atoms with E-state index >= 15 is 0 Å². The monoisotopic (exact) mass is 545 g/mol. The van der Waals surface area contributed by atoms with Gasteiger partial charge in [-0.2, -0.15) is 9.94 Å². The van der Waals surface area contributed by atoms with Gasteiger partial charge in [-0.05, 0) is 53.8 Å². The maximum atomic E-state index is 13.1. The summed E-state index contributed by atoms with van der Waals surface area (Å²) >= 11 is 0. The molecule has 2 aromatic carbocycles. The fourth-order valence-electron chi connectivity index (χ4n) is 4.44. The SMILES string of the molecule is CCCOC(=O)C1=C(C#N)/C(=N\c2ccc(N(C)c3cccnc3)cc2)n2nc(-c3ccc(C(C)(C)C)cc3)nc21. The molecule has 3 heterocycles. The van der Waals surface area contributed by atoms with Crippen LogP contribution < -0.4 is 4.90 Å². The van der Waals surface area contributed by atoms with E-state index in [1.54, 1.807) is 12.4 Å². The van der Waals surface area contributed by atoms with Crippen LogP contribution in [0.2, 0.25) is 0 Å². The Labute approximate surface area is 239 Å². The molecular formula is C32H31N7O2. The Kier molecular flexibility index (Phi) is 7.49. The van der Waals surface area contributed by atoms with E-state index in [1.807, 2.05) is 79.5 Å². The van der Waals surface area contributed by atoms with Crippen LogP contribution in [0.4, 0.5) is 17.1 Å². The van der Waals surface area contributed by atoms with Gasteiger partial charge < -0.3 is 9.64 Å². The molecule has 0 aliphatic carbocycles. The maximum Gasteiger partial charge on any atom is 0.343 e. The first kappa shape index (κ1) is 27.5. The van der Waals surface area contributed by atoms with Crippen molar-refractivity contribution in [2.75, 3.05) is 18.6 Å². The summed E-state index contributed by atoms with van der Waals surface area (Å²) in [7, 11) is 1.96. The van der Waals surface area contributed by atoms with Crippen molar-refractivity contribution in [2.45, 2.75) is 39.5 Å². The number of allylic oxidation sites excluding steroid dienone is 1. The minimum atomic E-state index is -0.620. The summed E-state index contributed by atoms with van der Waals surface area (Å²) < 4.78 is 6.88. The highest BCUT2D eigenvalue weighted by molar-refractivity contribution is 6.29. The summed E-state index contributed by atoms with van der Waals surface area (Å²) in [5.74, 6) is 0.276. The van der Waals surface area contributed by atoms with Gasteiger partial charge in [-0.3, -0.25) is 4.98 Å². The maximum absolute atomic E-state index is 13.1. The molecule has 5 rings (SSSR count). The highest BCUT2D eigenvalue weighted by Crippen LogP contribution is 2.33. The van der Waals surface area contributed by atoms with Crippen LogP contribution in [0, 0.1) is 11.3 Å². The highest BCUT2D eigenvalue weighted by Gasteiger charge is 2.37. The second kappa shape index (κ2) is 11.2. The lowest BCUT2D eigenvalue weighted by Gasteiger charge is -2.18. The molecule has 0 amide bonds. The van der Waals surface area contributed by atoms with Gasteiger partial charge in [0.25, 0.3) is 0 Å². The van der Waals surface area contributed by atoms with Gasteiger partial charge in [-0.25, -0.2) is 14.8 Å². The molecule has 0 saturated heterocycles. The molecule has 0 spiro atoms. The van der Waals surface area contributed by atoms with Crippen LogP contribution in [0.1, 0.15) is 45.5 Å². The molecule has 1 aliphatic heterocycles. The second-order valence-electron chi connectivity index (χ2n) is 10.7. The van der Waals surface area contributed by atoms with Gasteiger partial charge >= 0.3 is 5.97 Å². The normalized spacial score (nSPS) is 13.7. The Balaban J connectivity index is 1.55. The topological polar surface area (TPSA) is 109 Å². The number of pyridine rings is 1. The zero-order valence-electron chi connectivity index (χ0n) is 23.8. The number of benzene rings is 2. The quantitative estimate of drug-likeness (QED) is 0.253. The standard InChI is InChI=1S/C32H31N7O2/c1-6-18-41-31(40)27-26(19-33)29(35-23-13-15-24(16-14-23)38(5)25-8-7-17-34-20-25)39-30(27)36-28(37-39)21-9-11-22(12-10-21)32(2,3)4/h7-17,20H,6,18H2,1-5H3/b35-29+. The van der Waals surface area contributed by atoms with Gasteiger partial charge in [0.1, 0.15) is 17.2 Å². The van der Waals surface area contributed by atoms with Crippen molar-refractivity contribution in [2.24, 2.45) is 4.99 Å². The fraction of sp³-hybridized carbons (Fsp3) is 0.250. The van der Waals surface area contributed by atoms with E-state index < -0.39 is 5.97 Å². The summed E-state index contributed by atoms with van der Waals surface area (Å²) in [4.78, 5) is 28.7. The van der Waals surface area contributed by atoms with Crippen molar-refractivity contribution >= 4 is 34.4 Å². The van der Waals surface area contributed by atoms with Crippen molar-refractivity contribution in [3.63, 3.8) is 0 Å². The molecule has 0 N–H and O–H groups in total. The molecule has 2 aromatic heterocycles. The third-order valence-electron chi connectivity index (χ3n) is 6.77. The smallest absolute Gasteiger partial charge is 0.343 e. The second-order valence-corrected chi connectivity index (χ2v) is 10.7. The molecule has 0 fully saturated rings. The number of nitriles is 1. The highest BCUT2D eigenvalue weighted by atomic mass is 16.5. The fourth-order valence-corrected chi connectivity index (χ4v) is 4.44. The molecule has 0 bridgehead atoms. The van der Waals surface area contributed by atoms with Gasteiger partial charge in [0.15, 0.2) is 17.5 Å². The number of anilines is 2. The number of hydrogen-bond acceptors (Lipinski definition) is 8. The summed E-state index contributed by atoms with van der Waals surface area (Å²) in [5, 5.41) is 14.8. The molecule has 0 atom stereocenters. The number of aromatic nitrogens is 4. The predicted molar refractivity (Wildman–Crippen MR) is 159 cm³/mol. The van der Waals surface area contributed by atoms with E-state index in [2.05, 4.69) is 41.9 Å². The van der Waals surface area contributed by atoms with Crippen LogP contribution >= 0.6 is 0 Å². The van der Waals surface area contributed by atoms with Crippen LogP contribution in [-0.4, -0.2) is 45.2 Å². The van der Waals surface area contributed by atoms with E-state index in [0.29, 0.717) is 17.9 Å². The number of nitrogens with zero attached hydrogens (tertiary/aromatic N) is 7. The first-order chi connectivity index (χ1) is 19.7. The first-order valence-electron chi connectivity index (χ1n) is 13.4. The van der Waals surface area contributed by atoms with Gasteiger partial charge in [0.2, 0.25) is 0 Å². The summed E-state index contributed by atoms with van der Waals surface area (Å²) in [6.45, 7) is 8.60. The molecule has 206 valence electrons. The number of ether oxygens (including phenoxy) is 1. The van der Waals surface area contributed by atoms with Crippen LogP contribution in [0.15, 0.2) is 83.6 Å². The van der Waals surface area contributed by atoms with E-state index in [-0.39, 0.29) is 34.8 Å². The minimum Gasteiger partial charge on any atom is -0.462 e. The number of carbonyl (C=O) groups excluding carboxylic acids is 1. The van der Waals surface area contributed by atoms with Crippen molar-refractivity contribution in [3.05, 3.63) is 90.0 Å². The predicted octanol–water partition coefficient (Wildman–Crippen LogP) is 6.23. The third-order valence-corrected chi connectivity index (χ3v) is 6.77. The van der Waals surface area contributed by atoms with Crippen LogP contribution in [0.5, 0.6) is 0 Å². The largest absolute Gasteiger partial charge is 0.462 e. The van der Waals surface area contributed by atoms with E-state index in [4.69, 9.17) is 9.73 Å². The number of esters is 1. The number of carbonyl (C=O) groups is 1. The van der Waals surface area contributed by atoms with E-state index in [0.717, 1.165) is 16.9 Å². The zero-order chi connectivity index (χ0) is 29.1. The average Bonchev–Trinajstić information content (AvgIpc) is 3.53. The van der Waals surface area contributed by atoms with Crippen LogP contribution in [0.3, 0.4) is 0 Å². The third kappa shape index (κ3) is 5.50. The average molecular weight is 546 g/mol. The molecule has 0 unspecified atom stereocenters. The molecule has 9 nitrogen and oxygen atoms in total. The lowest BCUT2D eigenvalue weighted by Crippen LogP contribution is -2.12. The molecular weight excluding hydrogens is 514 g/mol. The molecule has 1 aliphatic rings. The Morgan fingerprint density at radius 1 is 1.07 bits per heavy atom. The van der Waals surface area contributed by atoms with Gasteiger partial charge in [-0.15, -0.1) is 5.10 Å². The van der Waals surface area contributed by atoms with E-state index in [1.165, 1.54) is 10.2 Å². The number of hydrogen-bond donors (Lipinski definition) is 0. The minimum absolute atomic E-state index is 0.00469. The molecule has 41 heavy (non-hydrogen) atoms. The van der Waals surface area contributed by atoms with E-state index in [9.17, 15) is 10.1 Å². The van der Waals surface area contributed by atoms with Crippen molar-refractivity contribution < 1.29 is 9.53 Å². The summed E-state index contributed by atoms with van der Waals surface area (Å²) in [6, 6.07) is 21.6. The summed E-state index contributed by atoms with van der Waals surface area (Å²) in [5.41, 5.74) is 4.61. The molecule has 0 saturated carbocycles. The van der Waals surface area contributed by atoms with Crippen molar-refractivity contribution in [1.82, 2.24) is 19.7 Å². The zero-order valence-corrected chi connectivity index (χ0v) is 23.8. The van der Waals surface area contributed by atoms with Crippen LogP contribution in [0.25, 0.3) is 17.0 Å². The molecule has 9 heteroatoms. The van der Waals surface area contributed by atoms with Gasteiger partial charge in [0, 0.05) is 24.5 Å². The number of aliphatic imine (C=N–C) groups is 1. The summed E-state index contributed by atoms with van der Waals surface area (Å²) in [6.07, 6.45) is 4.17. The van der Waals surface area contributed by atoms with Gasteiger partial charge in [0.05, 0.1) is 24.2 Å². The van der Waals surface area contributed by atoms with Crippen molar-refractivity contribution in [1.29, 1.82) is 5.26 Å². The number of rotatable bonds is 7. The Morgan fingerprint density at radius 2 is 1.80 bits per heavy atom. The van der Waals surface area contributed by atoms with Gasteiger partial charge in [-0.1, -0.05) is 52.0 Å². The Bertz CT molecular complexity index is 1670. The first-order valence-corrected chi connectivity index (χ1v) is 13.4. The van der Waals surface area contributed by atoms with Crippen molar-refractivity contribution in [3.8, 4) is 17.5 Å².